The van der Waals surface area contributed by atoms with E-state index in [1.165, 1.54) is 0 Å². The molecule has 0 aromatic heterocycles. The SMILES string of the molecule is CCCCCNC(=O)C(C)S(=O)CCCN. The number of hydrogen-bond acceptors (Lipinski definition) is 3. The highest BCUT2D eigenvalue weighted by molar-refractivity contribution is 7.86. The molecule has 16 heavy (non-hydrogen) atoms. The van der Waals surface area contributed by atoms with Gasteiger partial charge in [0.1, 0.15) is 5.25 Å². The third kappa shape index (κ3) is 6.95. The third-order valence-electron chi connectivity index (χ3n) is 2.39. The van der Waals surface area contributed by atoms with Crippen molar-refractivity contribution < 1.29 is 9.00 Å². The summed E-state index contributed by atoms with van der Waals surface area (Å²) in [7, 11) is -1.09. The number of hydrogen-bond donors (Lipinski definition) is 2. The summed E-state index contributed by atoms with van der Waals surface area (Å²) < 4.78 is 11.6. The van der Waals surface area contributed by atoms with Crippen LogP contribution in [0, 0.1) is 0 Å². The summed E-state index contributed by atoms with van der Waals surface area (Å²) in [6.07, 6.45) is 3.95. The lowest BCUT2D eigenvalue weighted by molar-refractivity contribution is -0.120. The number of carbonyl (C=O) groups is 1. The van der Waals surface area contributed by atoms with Gasteiger partial charge < -0.3 is 11.1 Å². The molecular formula is C11H24N2O2S. The van der Waals surface area contributed by atoms with Crippen LogP contribution in [0.1, 0.15) is 39.5 Å². The minimum absolute atomic E-state index is 0.105. The second-order valence-corrected chi connectivity index (χ2v) is 5.74. The Balaban J connectivity index is 3.75. The fourth-order valence-corrected chi connectivity index (χ4v) is 2.38. The zero-order valence-electron chi connectivity index (χ0n) is 10.3. The molecule has 0 saturated heterocycles. The first-order valence-electron chi connectivity index (χ1n) is 5.98. The fraction of sp³-hybridized carbons (Fsp3) is 0.909. The molecule has 2 unspecified atom stereocenters. The number of amides is 1. The molecular weight excluding hydrogens is 224 g/mol. The van der Waals surface area contributed by atoms with E-state index in [1.54, 1.807) is 6.92 Å². The quantitative estimate of drug-likeness (QED) is 0.592. The highest BCUT2D eigenvalue weighted by Gasteiger charge is 2.18. The maximum absolute atomic E-state index is 11.6. The molecule has 0 rings (SSSR count). The first kappa shape index (κ1) is 15.6. The largest absolute Gasteiger partial charge is 0.355 e. The Labute approximate surface area is 101 Å². The van der Waals surface area contributed by atoms with Crippen LogP contribution in [-0.2, 0) is 15.6 Å². The van der Waals surface area contributed by atoms with Gasteiger partial charge in [0.25, 0.3) is 0 Å². The van der Waals surface area contributed by atoms with E-state index in [2.05, 4.69) is 12.2 Å². The van der Waals surface area contributed by atoms with Crippen LogP contribution in [0.25, 0.3) is 0 Å². The van der Waals surface area contributed by atoms with Crippen molar-refractivity contribution in [2.24, 2.45) is 5.73 Å². The predicted molar refractivity (Wildman–Crippen MR) is 68.7 cm³/mol. The molecule has 2 atom stereocenters. The molecule has 0 spiro atoms. The standard InChI is InChI=1S/C11H24N2O2S/c1-3-4-5-8-13-11(14)10(2)16(15)9-6-7-12/h10H,3-9,12H2,1-2H3,(H,13,14). The first-order valence-corrected chi connectivity index (χ1v) is 7.36. The van der Waals surface area contributed by atoms with Crippen LogP contribution in [0.5, 0.6) is 0 Å². The lowest BCUT2D eigenvalue weighted by atomic mass is 10.2. The van der Waals surface area contributed by atoms with Crippen LogP contribution in [-0.4, -0.2) is 34.2 Å². The number of nitrogens with one attached hydrogen (secondary N) is 1. The smallest absolute Gasteiger partial charge is 0.235 e. The molecule has 0 bridgehead atoms. The summed E-state index contributed by atoms with van der Waals surface area (Å²) in [5.74, 6) is 0.409. The minimum atomic E-state index is -1.09. The van der Waals surface area contributed by atoms with Crippen LogP contribution < -0.4 is 11.1 Å². The van der Waals surface area contributed by atoms with E-state index in [9.17, 15) is 9.00 Å². The van der Waals surface area contributed by atoms with E-state index in [0.717, 1.165) is 19.3 Å². The minimum Gasteiger partial charge on any atom is -0.355 e. The van der Waals surface area contributed by atoms with Gasteiger partial charge in [0, 0.05) is 23.1 Å². The van der Waals surface area contributed by atoms with Gasteiger partial charge >= 0.3 is 0 Å². The van der Waals surface area contributed by atoms with E-state index < -0.39 is 16.0 Å². The lowest BCUT2D eigenvalue weighted by Crippen LogP contribution is -2.36. The van der Waals surface area contributed by atoms with E-state index >= 15 is 0 Å². The zero-order chi connectivity index (χ0) is 12.4. The van der Waals surface area contributed by atoms with Gasteiger partial charge in [-0.3, -0.25) is 9.00 Å². The zero-order valence-corrected chi connectivity index (χ0v) is 11.1. The van der Waals surface area contributed by atoms with Gasteiger partial charge in [0.05, 0.1) is 0 Å². The van der Waals surface area contributed by atoms with E-state index in [0.29, 0.717) is 25.3 Å². The number of unbranched alkanes of at least 4 members (excludes halogenated alkanes) is 2. The second-order valence-electron chi connectivity index (χ2n) is 3.87. The van der Waals surface area contributed by atoms with Gasteiger partial charge in [-0.25, -0.2) is 0 Å². The molecule has 0 aromatic rings. The van der Waals surface area contributed by atoms with E-state index in [-0.39, 0.29) is 5.91 Å². The summed E-state index contributed by atoms with van der Waals surface area (Å²) in [5, 5.41) is 2.39. The van der Waals surface area contributed by atoms with Crippen LogP contribution in [0.15, 0.2) is 0 Å². The summed E-state index contributed by atoms with van der Waals surface area (Å²) >= 11 is 0. The average Bonchev–Trinajstić information content (AvgIpc) is 2.30. The molecule has 1 amide bonds. The number of carbonyl (C=O) groups excluding carboxylic acids is 1. The normalized spacial score (nSPS) is 14.4. The van der Waals surface area contributed by atoms with E-state index in [1.807, 2.05) is 0 Å². The van der Waals surface area contributed by atoms with Crippen molar-refractivity contribution in [3.63, 3.8) is 0 Å². The lowest BCUT2D eigenvalue weighted by Gasteiger charge is -2.11. The first-order chi connectivity index (χ1) is 7.63. The molecule has 0 saturated carbocycles. The van der Waals surface area contributed by atoms with E-state index in [4.69, 9.17) is 5.73 Å². The molecule has 0 aliphatic heterocycles. The highest BCUT2D eigenvalue weighted by atomic mass is 32.2. The summed E-state index contributed by atoms with van der Waals surface area (Å²) in [5.41, 5.74) is 5.33. The van der Waals surface area contributed by atoms with Gasteiger partial charge in [-0.05, 0) is 26.3 Å². The Morgan fingerprint density at radius 3 is 2.62 bits per heavy atom. The topological polar surface area (TPSA) is 72.2 Å². The van der Waals surface area contributed by atoms with Gasteiger partial charge in [0.2, 0.25) is 5.91 Å². The fourth-order valence-electron chi connectivity index (χ4n) is 1.25. The number of nitrogens with two attached hydrogens (primary N) is 1. The Hall–Kier alpha value is -0.420. The van der Waals surface area contributed by atoms with Gasteiger partial charge in [-0.1, -0.05) is 19.8 Å². The molecule has 0 aliphatic carbocycles. The average molecular weight is 248 g/mol. The Bertz CT molecular complexity index is 222. The van der Waals surface area contributed by atoms with Crippen molar-refractivity contribution in [3.8, 4) is 0 Å². The molecule has 0 fully saturated rings. The Morgan fingerprint density at radius 2 is 2.06 bits per heavy atom. The number of rotatable bonds is 9. The van der Waals surface area contributed by atoms with Gasteiger partial charge in [-0.2, -0.15) is 0 Å². The molecule has 0 heterocycles. The van der Waals surface area contributed by atoms with Crippen LogP contribution in [0.4, 0.5) is 0 Å². The van der Waals surface area contributed by atoms with Crippen molar-refractivity contribution in [1.29, 1.82) is 0 Å². The summed E-state index contributed by atoms with van der Waals surface area (Å²) in [6, 6.07) is 0. The van der Waals surface area contributed by atoms with Crippen molar-refractivity contribution in [2.45, 2.75) is 44.8 Å². The molecule has 0 radical (unpaired) electrons. The van der Waals surface area contributed by atoms with Crippen molar-refractivity contribution >= 4 is 16.7 Å². The molecule has 96 valence electrons. The van der Waals surface area contributed by atoms with Crippen molar-refractivity contribution in [1.82, 2.24) is 5.32 Å². The predicted octanol–water partition coefficient (Wildman–Crippen LogP) is 0.779. The molecule has 0 aromatic carbocycles. The van der Waals surface area contributed by atoms with Gasteiger partial charge in [0.15, 0.2) is 0 Å². The molecule has 4 nitrogen and oxygen atoms in total. The second kappa shape index (κ2) is 9.78. The molecule has 5 heteroatoms. The molecule has 3 N–H and O–H groups in total. The van der Waals surface area contributed by atoms with Crippen molar-refractivity contribution in [2.75, 3.05) is 18.8 Å². The van der Waals surface area contributed by atoms with Gasteiger partial charge in [-0.15, -0.1) is 0 Å². The molecule has 0 aliphatic rings. The van der Waals surface area contributed by atoms with Crippen LogP contribution in [0.3, 0.4) is 0 Å². The maximum Gasteiger partial charge on any atom is 0.235 e. The van der Waals surface area contributed by atoms with Crippen LogP contribution >= 0.6 is 0 Å². The van der Waals surface area contributed by atoms with Crippen LogP contribution in [0.2, 0.25) is 0 Å². The Kier molecular flexibility index (Phi) is 9.52. The van der Waals surface area contributed by atoms with Crippen molar-refractivity contribution in [3.05, 3.63) is 0 Å². The highest BCUT2D eigenvalue weighted by Crippen LogP contribution is 1.99. The summed E-state index contributed by atoms with van der Waals surface area (Å²) in [6.45, 7) is 5.04. The third-order valence-corrected chi connectivity index (χ3v) is 4.09. The monoisotopic (exact) mass is 248 g/mol. The maximum atomic E-state index is 11.6. The Morgan fingerprint density at radius 1 is 1.38 bits per heavy atom. The summed E-state index contributed by atoms with van der Waals surface area (Å²) in [4.78, 5) is 11.6.